The summed E-state index contributed by atoms with van der Waals surface area (Å²) in [5.41, 5.74) is 1.18. The molecule has 2 aromatic rings. The van der Waals surface area contributed by atoms with E-state index in [0.29, 0.717) is 15.3 Å². The summed E-state index contributed by atoms with van der Waals surface area (Å²) in [6.45, 7) is 1.89. The lowest BCUT2D eigenvalue weighted by molar-refractivity contribution is 0.624. The van der Waals surface area contributed by atoms with Gasteiger partial charge >= 0.3 is 0 Å². The van der Waals surface area contributed by atoms with Crippen LogP contribution in [0, 0.1) is 11.6 Å². The predicted octanol–water partition coefficient (Wildman–Crippen LogP) is 4.77. The Balaban J connectivity index is 1.99. The Morgan fingerprint density at radius 2 is 1.81 bits per heavy atom. The molecule has 1 atom stereocenters. The Kier molecular flexibility index (Phi) is 5.25. The van der Waals surface area contributed by atoms with Crippen molar-refractivity contribution in [3.05, 3.63) is 64.1 Å². The van der Waals surface area contributed by atoms with Gasteiger partial charge in [0.15, 0.2) is 5.11 Å². The fourth-order valence-corrected chi connectivity index (χ4v) is 2.40. The van der Waals surface area contributed by atoms with Crippen molar-refractivity contribution in [3.8, 4) is 0 Å². The first-order valence-corrected chi connectivity index (χ1v) is 7.44. The molecule has 2 nitrogen and oxygen atoms in total. The van der Waals surface area contributed by atoms with Crippen LogP contribution in [-0.2, 0) is 0 Å². The summed E-state index contributed by atoms with van der Waals surface area (Å²) in [7, 11) is 0. The SMILES string of the molecule is C[C@@H](NC(=S)Nc1ccc(Br)cc1F)c1ccc(F)cc1. The van der Waals surface area contributed by atoms with Gasteiger partial charge in [0.1, 0.15) is 11.6 Å². The van der Waals surface area contributed by atoms with Gasteiger partial charge in [-0.1, -0.05) is 28.1 Å². The second-order valence-electron chi connectivity index (χ2n) is 4.50. The summed E-state index contributed by atoms with van der Waals surface area (Å²) in [5, 5.41) is 6.12. The summed E-state index contributed by atoms with van der Waals surface area (Å²) in [6, 6.07) is 10.7. The van der Waals surface area contributed by atoms with E-state index in [1.165, 1.54) is 18.2 Å². The lowest BCUT2D eigenvalue weighted by Crippen LogP contribution is -2.31. The molecular weight excluding hydrogens is 358 g/mol. The number of hydrogen-bond acceptors (Lipinski definition) is 1. The molecule has 0 saturated heterocycles. The van der Waals surface area contributed by atoms with E-state index < -0.39 is 5.82 Å². The number of hydrogen-bond donors (Lipinski definition) is 2. The molecule has 21 heavy (non-hydrogen) atoms. The molecule has 0 aliphatic carbocycles. The van der Waals surface area contributed by atoms with E-state index in [2.05, 4.69) is 26.6 Å². The van der Waals surface area contributed by atoms with Crippen LogP contribution in [0.5, 0.6) is 0 Å². The fourth-order valence-electron chi connectivity index (χ4n) is 1.78. The van der Waals surface area contributed by atoms with Gasteiger partial charge in [-0.2, -0.15) is 0 Å². The number of benzene rings is 2. The van der Waals surface area contributed by atoms with Crippen molar-refractivity contribution in [2.45, 2.75) is 13.0 Å². The highest BCUT2D eigenvalue weighted by atomic mass is 79.9. The van der Waals surface area contributed by atoms with Crippen LogP contribution in [0.4, 0.5) is 14.5 Å². The van der Waals surface area contributed by atoms with Crippen molar-refractivity contribution in [1.82, 2.24) is 5.32 Å². The highest BCUT2D eigenvalue weighted by Crippen LogP contribution is 2.19. The molecule has 2 aromatic carbocycles. The maximum atomic E-state index is 13.7. The molecule has 2 N–H and O–H groups in total. The van der Waals surface area contributed by atoms with Crippen molar-refractivity contribution >= 4 is 38.9 Å². The monoisotopic (exact) mass is 370 g/mol. The molecular formula is C15H13BrF2N2S. The molecule has 0 amide bonds. The van der Waals surface area contributed by atoms with Crippen LogP contribution in [0.25, 0.3) is 0 Å². The molecule has 0 saturated carbocycles. The summed E-state index contributed by atoms with van der Waals surface area (Å²) >= 11 is 8.35. The van der Waals surface area contributed by atoms with E-state index in [1.54, 1.807) is 24.3 Å². The summed E-state index contributed by atoms with van der Waals surface area (Å²) in [6.07, 6.45) is 0. The van der Waals surface area contributed by atoms with Crippen LogP contribution in [0.15, 0.2) is 46.9 Å². The molecule has 0 fully saturated rings. The zero-order chi connectivity index (χ0) is 15.4. The highest BCUT2D eigenvalue weighted by Gasteiger charge is 2.09. The average molecular weight is 371 g/mol. The van der Waals surface area contributed by atoms with Crippen LogP contribution in [-0.4, -0.2) is 5.11 Å². The molecule has 0 radical (unpaired) electrons. The normalized spacial score (nSPS) is 11.8. The molecule has 0 aliphatic rings. The summed E-state index contributed by atoms with van der Waals surface area (Å²) in [5.74, 6) is -0.688. The van der Waals surface area contributed by atoms with Crippen molar-refractivity contribution in [2.24, 2.45) is 0 Å². The summed E-state index contributed by atoms with van der Waals surface area (Å²) < 4.78 is 27.2. The minimum Gasteiger partial charge on any atom is -0.356 e. The van der Waals surface area contributed by atoms with Gasteiger partial charge in [0.25, 0.3) is 0 Å². The molecule has 0 spiro atoms. The lowest BCUT2D eigenvalue weighted by atomic mass is 10.1. The number of rotatable bonds is 3. The second-order valence-corrected chi connectivity index (χ2v) is 5.82. The third-order valence-corrected chi connectivity index (χ3v) is 3.61. The van der Waals surface area contributed by atoms with Gasteiger partial charge in [-0.25, -0.2) is 8.78 Å². The third-order valence-electron chi connectivity index (χ3n) is 2.90. The van der Waals surface area contributed by atoms with Gasteiger partial charge in [-0.3, -0.25) is 0 Å². The molecule has 0 aromatic heterocycles. The topological polar surface area (TPSA) is 24.1 Å². The van der Waals surface area contributed by atoms with Crippen LogP contribution >= 0.6 is 28.1 Å². The zero-order valence-corrected chi connectivity index (χ0v) is 13.6. The van der Waals surface area contributed by atoms with Gasteiger partial charge < -0.3 is 10.6 Å². The second kappa shape index (κ2) is 6.95. The molecule has 6 heteroatoms. The van der Waals surface area contributed by atoms with Crippen molar-refractivity contribution in [2.75, 3.05) is 5.32 Å². The smallest absolute Gasteiger partial charge is 0.171 e. The van der Waals surface area contributed by atoms with Gasteiger partial charge in [0.2, 0.25) is 0 Å². The highest BCUT2D eigenvalue weighted by molar-refractivity contribution is 9.10. The van der Waals surface area contributed by atoms with E-state index >= 15 is 0 Å². The van der Waals surface area contributed by atoms with Gasteiger partial charge in [-0.15, -0.1) is 0 Å². The molecule has 0 bridgehead atoms. The van der Waals surface area contributed by atoms with Gasteiger partial charge in [-0.05, 0) is 55.0 Å². The van der Waals surface area contributed by atoms with E-state index in [1.807, 2.05) is 6.92 Å². The van der Waals surface area contributed by atoms with Crippen molar-refractivity contribution in [3.63, 3.8) is 0 Å². The van der Waals surface area contributed by atoms with E-state index in [-0.39, 0.29) is 11.9 Å². The zero-order valence-electron chi connectivity index (χ0n) is 11.2. The first-order chi connectivity index (χ1) is 9.95. The van der Waals surface area contributed by atoms with Crippen molar-refractivity contribution in [1.29, 1.82) is 0 Å². The maximum absolute atomic E-state index is 13.7. The van der Waals surface area contributed by atoms with Crippen LogP contribution in [0.1, 0.15) is 18.5 Å². The molecule has 0 aliphatic heterocycles. The Morgan fingerprint density at radius 1 is 1.14 bits per heavy atom. The van der Waals surface area contributed by atoms with Crippen LogP contribution < -0.4 is 10.6 Å². The number of anilines is 1. The predicted molar refractivity (Wildman–Crippen MR) is 88.3 cm³/mol. The minimum atomic E-state index is -0.400. The molecule has 0 heterocycles. The first kappa shape index (κ1) is 15.9. The number of nitrogens with one attached hydrogen (secondary N) is 2. The van der Waals surface area contributed by atoms with Gasteiger partial charge in [0.05, 0.1) is 11.7 Å². The summed E-state index contributed by atoms with van der Waals surface area (Å²) in [4.78, 5) is 0. The molecule has 0 unspecified atom stereocenters. The number of halogens is 3. The fraction of sp³-hybridized carbons (Fsp3) is 0.133. The average Bonchev–Trinajstić information content (AvgIpc) is 2.42. The Labute approximate surface area is 135 Å². The van der Waals surface area contributed by atoms with Crippen LogP contribution in [0.2, 0.25) is 0 Å². The van der Waals surface area contributed by atoms with Crippen molar-refractivity contribution < 1.29 is 8.78 Å². The quantitative estimate of drug-likeness (QED) is 0.760. The van der Waals surface area contributed by atoms with E-state index in [0.717, 1.165) is 5.56 Å². The lowest BCUT2D eigenvalue weighted by Gasteiger charge is -2.17. The molecule has 2 rings (SSSR count). The number of thiocarbonyl (C=S) groups is 1. The third kappa shape index (κ3) is 4.47. The largest absolute Gasteiger partial charge is 0.356 e. The maximum Gasteiger partial charge on any atom is 0.171 e. The Bertz CT molecular complexity index is 647. The Hall–Kier alpha value is -1.53. The minimum absolute atomic E-state index is 0.121. The van der Waals surface area contributed by atoms with Gasteiger partial charge in [0, 0.05) is 4.47 Å². The first-order valence-electron chi connectivity index (χ1n) is 6.24. The Morgan fingerprint density at radius 3 is 2.43 bits per heavy atom. The standard InChI is InChI=1S/C15H13BrF2N2S/c1-9(10-2-5-12(17)6-3-10)19-15(21)20-14-7-4-11(16)8-13(14)18/h2-9H,1H3,(H2,19,20,21)/t9-/m1/s1. The van der Waals surface area contributed by atoms with Crippen LogP contribution in [0.3, 0.4) is 0 Å². The molecule has 110 valence electrons. The van der Waals surface area contributed by atoms with E-state index in [4.69, 9.17) is 12.2 Å². The van der Waals surface area contributed by atoms with E-state index in [9.17, 15) is 8.78 Å².